The normalized spacial score (nSPS) is 27.1. The van der Waals surface area contributed by atoms with Crippen molar-refractivity contribution in [2.75, 3.05) is 30.5 Å². The van der Waals surface area contributed by atoms with Crippen molar-refractivity contribution >= 4 is 33.8 Å². The van der Waals surface area contributed by atoms with Crippen molar-refractivity contribution in [1.29, 1.82) is 0 Å². The van der Waals surface area contributed by atoms with Crippen LogP contribution in [0.4, 0.5) is 5.82 Å². The van der Waals surface area contributed by atoms with Gasteiger partial charge < -0.3 is 35.9 Å². The molecule has 1 saturated heterocycles. The van der Waals surface area contributed by atoms with Crippen molar-refractivity contribution < 1.29 is 24.9 Å². The molecule has 0 amide bonds. The second kappa shape index (κ2) is 8.57. The van der Waals surface area contributed by atoms with Gasteiger partial charge in [0.05, 0.1) is 24.6 Å². The third kappa shape index (κ3) is 4.05. The van der Waals surface area contributed by atoms with Crippen LogP contribution in [0.25, 0.3) is 11.2 Å². The van der Waals surface area contributed by atoms with Crippen molar-refractivity contribution in [1.82, 2.24) is 24.8 Å². The minimum Gasteiger partial charge on any atom is -0.548 e. The van der Waals surface area contributed by atoms with E-state index < -0.39 is 36.6 Å². The number of nitrogens with one attached hydrogen (secondary N) is 1. The molecular weight excluding hydrogens is 388 g/mol. The maximum Gasteiger partial charge on any atom is 0.167 e. The van der Waals surface area contributed by atoms with E-state index in [4.69, 9.17) is 10.5 Å². The number of hydrogen-bond donors (Lipinski definition) is 4. The molecule has 2 aromatic rings. The number of ether oxygens (including phenoxy) is 1. The van der Waals surface area contributed by atoms with Gasteiger partial charge in [0.2, 0.25) is 0 Å². The summed E-state index contributed by atoms with van der Waals surface area (Å²) in [6.45, 7) is 0. The fourth-order valence-corrected chi connectivity index (χ4v) is 4.86. The number of carbonyl (C=O) groups is 1. The van der Waals surface area contributed by atoms with Gasteiger partial charge in [-0.3, -0.25) is 4.57 Å². The molecule has 154 valence electrons. The molecule has 28 heavy (non-hydrogen) atoms. The van der Waals surface area contributed by atoms with Gasteiger partial charge >= 0.3 is 0 Å². The molecule has 12 heteroatoms. The van der Waals surface area contributed by atoms with Gasteiger partial charge in [0, 0.05) is 6.42 Å². The third-order valence-electron chi connectivity index (χ3n) is 4.84. The summed E-state index contributed by atoms with van der Waals surface area (Å²) in [5.41, 5.74) is 6.59. The lowest BCUT2D eigenvalue weighted by Gasteiger charge is -2.18. The van der Waals surface area contributed by atoms with E-state index in [0.717, 1.165) is 0 Å². The van der Waals surface area contributed by atoms with E-state index in [0.29, 0.717) is 29.1 Å². The molecule has 0 spiro atoms. The zero-order valence-corrected chi connectivity index (χ0v) is 16.4. The van der Waals surface area contributed by atoms with Crippen molar-refractivity contribution in [2.45, 2.75) is 37.0 Å². The number of fused-ring (bicyclic) bond motifs is 1. The van der Waals surface area contributed by atoms with Crippen LogP contribution in [0.2, 0.25) is 0 Å². The van der Waals surface area contributed by atoms with Crippen LogP contribution in [-0.2, 0) is 20.4 Å². The number of aliphatic carboxylic acids is 1. The van der Waals surface area contributed by atoms with Crippen LogP contribution < -0.4 is 16.2 Å². The molecule has 0 bridgehead atoms. The first kappa shape index (κ1) is 20.7. The second-order valence-corrected chi connectivity index (χ2v) is 9.04. The van der Waals surface area contributed by atoms with Gasteiger partial charge in [-0.2, -0.15) is 0 Å². The fourth-order valence-electron chi connectivity index (χ4n) is 3.22. The Kier molecular flexibility index (Phi) is 6.35. The Morgan fingerprint density at radius 1 is 1.43 bits per heavy atom. The highest BCUT2D eigenvalue weighted by Gasteiger charge is 2.46. The Labute approximate surface area is 164 Å². The molecule has 11 nitrogen and oxygen atoms in total. The minimum atomic E-state index is -1.16. The Morgan fingerprint density at radius 3 is 2.86 bits per heavy atom. The predicted octanol–water partition coefficient (Wildman–Crippen LogP) is -3.00. The summed E-state index contributed by atoms with van der Waals surface area (Å²) in [5.74, 6) is 0.197. The van der Waals surface area contributed by atoms with Crippen LogP contribution in [0.5, 0.6) is 0 Å². The number of likely N-dealkylation sites (N-methyl/N-ethyl adjacent to an activating group) is 1. The van der Waals surface area contributed by atoms with Gasteiger partial charge in [-0.15, -0.1) is 0 Å². The van der Waals surface area contributed by atoms with Crippen molar-refractivity contribution in [2.24, 2.45) is 0 Å². The Bertz CT molecular complexity index is 835. The molecule has 3 heterocycles. The largest absolute Gasteiger partial charge is 0.548 e. The number of anilines is 1. The van der Waals surface area contributed by atoms with E-state index >= 15 is 0 Å². The van der Waals surface area contributed by atoms with Gasteiger partial charge in [-0.25, -0.2) is 15.0 Å². The molecule has 6 atom stereocenters. The highest BCUT2D eigenvalue weighted by Crippen LogP contribution is 2.32. The fraction of sp³-hybridized carbons (Fsp3) is 0.625. The summed E-state index contributed by atoms with van der Waals surface area (Å²) >= 11 is 0. The molecule has 0 aromatic carbocycles. The zero-order valence-electron chi connectivity index (χ0n) is 15.6. The molecule has 3 rings (SSSR count). The highest BCUT2D eigenvalue weighted by molar-refractivity contribution is 7.96. The van der Waals surface area contributed by atoms with Crippen LogP contribution in [0.3, 0.4) is 0 Å². The van der Waals surface area contributed by atoms with E-state index in [1.54, 1.807) is 7.05 Å². The third-order valence-corrected chi connectivity index (χ3v) is 6.67. The van der Waals surface area contributed by atoms with Gasteiger partial charge in [0.15, 0.2) is 17.7 Å². The number of hydrogen-bond acceptors (Lipinski definition) is 10. The van der Waals surface area contributed by atoms with Crippen molar-refractivity contribution in [3.8, 4) is 0 Å². The number of nitrogen functional groups attached to an aromatic ring is 1. The second-order valence-electron chi connectivity index (χ2n) is 6.73. The summed E-state index contributed by atoms with van der Waals surface area (Å²) in [6, 6.07) is -0.717. The van der Waals surface area contributed by atoms with Gasteiger partial charge in [-0.05, 0) is 17.9 Å². The van der Waals surface area contributed by atoms with Crippen LogP contribution in [0, 0.1) is 0 Å². The molecule has 0 aliphatic carbocycles. The molecule has 0 radical (unpaired) electrons. The maximum absolute atomic E-state index is 11.0. The average Bonchev–Trinajstić information content (AvgIpc) is 3.19. The van der Waals surface area contributed by atoms with Crippen LogP contribution >= 0.6 is 0 Å². The lowest BCUT2D eigenvalue weighted by Crippen LogP contribution is -2.45. The average molecular weight is 412 g/mol. The number of aliphatic hydroxyl groups is 2. The summed E-state index contributed by atoms with van der Waals surface area (Å²) in [7, 11) is 1.35. The smallest absolute Gasteiger partial charge is 0.167 e. The first-order valence-corrected chi connectivity index (χ1v) is 10.7. The van der Waals surface area contributed by atoms with Gasteiger partial charge in [-0.1, -0.05) is 0 Å². The first-order valence-electron chi connectivity index (χ1n) is 8.75. The molecule has 1 aliphatic heterocycles. The summed E-state index contributed by atoms with van der Waals surface area (Å²) < 4.78 is 7.44. The molecule has 0 saturated carbocycles. The minimum absolute atomic E-state index is 0.218. The topological polar surface area (TPSA) is 171 Å². The number of carboxylic acids is 1. The van der Waals surface area contributed by atoms with Gasteiger partial charge in [0.25, 0.3) is 0 Å². The standard InChI is InChI=1S/C16H24N6O5S/c1-18-8(16(25)26)3-4-28(2)5-9-11(23)12(24)15(27-9)22-7-21-10-13(17)19-6-20-14(10)22/h6-9,11-12,15,18,23-24H,3-5H2,1-2H3,(H2-,17,19,20,25,26)/t8-,9+,11+,12+,15+,28?/m0/s1. The number of carboxylic acid groups (broad SMARTS) is 1. The molecule has 1 fully saturated rings. The van der Waals surface area contributed by atoms with Crippen LogP contribution in [0.1, 0.15) is 12.6 Å². The summed E-state index contributed by atoms with van der Waals surface area (Å²) in [4.78, 5) is 23.2. The number of carbonyl (C=O) groups excluding carboxylic acids is 1. The molecule has 1 aliphatic rings. The SMILES string of the molecule is CN[C@@H](CC[S+](C)C[C@H]1O[C@@H](n2cnc3c(N)ncnc32)[C@H](O)[C@@H]1O)C(=O)[O-]. The lowest BCUT2D eigenvalue weighted by molar-refractivity contribution is -0.308. The molecule has 5 N–H and O–H groups in total. The van der Waals surface area contributed by atoms with Crippen molar-refractivity contribution in [3.05, 3.63) is 12.7 Å². The Balaban J connectivity index is 1.67. The van der Waals surface area contributed by atoms with Crippen LogP contribution in [0.15, 0.2) is 12.7 Å². The number of imidazole rings is 1. The number of aromatic nitrogens is 4. The molecule has 2 aromatic heterocycles. The van der Waals surface area contributed by atoms with E-state index in [-0.39, 0.29) is 16.7 Å². The summed E-state index contributed by atoms with van der Waals surface area (Å²) in [6.07, 6.45) is 1.42. The predicted molar refractivity (Wildman–Crippen MR) is 101 cm³/mol. The number of nitrogens with two attached hydrogens (primary N) is 1. The Morgan fingerprint density at radius 2 is 2.18 bits per heavy atom. The number of nitrogens with zero attached hydrogens (tertiary/aromatic N) is 4. The Hall–Kier alpha value is -1.99. The monoisotopic (exact) mass is 412 g/mol. The lowest BCUT2D eigenvalue weighted by atomic mass is 10.1. The first-order chi connectivity index (χ1) is 13.3. The van der Waals surface area contributed by atoms with Crippen LogP contribution in [-0.4, -0.2) is 84.9 Å². The quantitative estimate of drug-likeness (QED) is 0.328. The molecule has 1 unspecified atom stereocenters. The van der Waals surface area contributed by atoms with E-state index in [1.807, 2.05) is 6.26 Å². The van der Waals surface area contributed by atoms with E-state index in [9.17, 15) is 20.1 Å². The van der Waals surface area contributed by atoms with Crippen molar-refractivity contribution in [3.63, 3.8) is 0 Å². The highest BCUT2D eigenvalue weighted by atomic mass is 32.2. The van der Waals surface area contributed by atoms with E-state index in [2.05, 4.69) is 20.3 Å². The summed E-state index contributed by atoms with van der Waals surface area (Å²) in [5, 5.41) is 34.6. The molecular formula is C16H24N6O5S. The van der Waals surface area contributed by atoms with Gasteiger partial charge in [0.1, 0.15) is 41.7 Å². The van der Waals surface area contributed by atoms with E-state index in [1.165, 1.54) is 17.2 Å². The zero-order chi connectivity index (χ0) is 20.4. The number of aliphatic hydroxyl groups excluding tert-OH is 2. The number of rotatable bonds is 8. The maximum atomic E-state index is 11.0.